The van der Waals surface area contributed by atoms with E-state index in [1.165, 1.54) is 18.2 Å². The molecule has 3 aliphatic rings. The molecule has 1 saturated heterocycles. The van der Waals surface area contributed by atoms with E-state index in [2.05, 4.69) is 10.3 Å². The fraction of sp³-hybridized carbons (Fsp3) is 0.690. The lowest BCUT2D eigenvalue weighted by Crippen LogP contribution is -2.58. The molecule has 2 aliphatic carbocycles. The molecule has 2 aromatic rings. The summed E-state index contributed by atoms with van der Waals surface area (Å²) in [6.45, 7) is -0.254. The van der Waals surface area contributed by atoms with Crippen molar-refractivity contribution < 1.29 is 51.5 Å². The Morgan fingerprint density at radius 2 is 1.84 bits per heavy atom. The number of hydrogen-bond acceptors (Lipinski definition) is 9. The molecule has 0 unspecified atom stereocenters. The van der Waals surface area contributed by atoms with Crippen LogP contribution in [0.5, 0.6) is 0 Å². The molecule has 10 nitrogen and oxygen atoms in total. The average Bonchev–Trinajstić information content (AvgIpc) is 3.72. The van der Waals surface area contributed by atoms with Gasteiger partial charge in [-0.3, -0.25) is 4.79 Å². The van der Waals surface area contributed by atoms with Gasteiger partial charge in [-0.15, -0.1) is 16.9 Å². The van der Waals surface area contributed by atoms with E-state index in [1.807, 2.05) is 0 Å². The molecule has 1 amide bonds. The predicted octanol–water partition coefficient (Wildman–Crippen LogP) is 3.30. The number of aliphatic hydroxyl groups is 3. The zero-order chi connectivity index (χ0) is 32.7. The lowest BCUT2D eigenvalue weighted by molar-refractivity contribution is -0.186. The van der Waals surface area contributed by atoms with Crippen LogP contribution in [0.15, 0.2) is 18.3 Å². The number of nitrogens with zero attached hydrogens (tertiary/aromatic N) is 4. The van der Waals surface area contributed by atoms with Gasteiger partial charge in [-0.2, -0.15) is 0 Å². The van der Waals surface area contributed by atoms with Crippen LogP contribution in [-0.2, 0) is 14.3 Å². The molecular weight excluding hydrogens is 627 g/mol. The van der Waals surface area contributed by atoms with Gasteiger partial charge in [-0.05, 0) is 37.3 Å². The standard InChI is InChI=1S/C29H37F5N4O6S/c1-37(10-5-15-3-4-15)26(41)25(28(42)6-8-29(33,34)9-7-28)45-27-24(43-2)22(23(40)20(14-39)44-27)38-13-19(35-36-38)16-11-17(30)21(32)18(31)12-16/h11-13,15,20,22-25,27,39-40,42H,3-10,14H2,1-2H3/t20-,22+,23+,24-,25-,27+/m1/s1. The summed E-state index contributed by atoms with van der Waals surface area (Å²) in [5, 5.41) is 39.6. The number of rotatable bonds is 11. The van der Waals surface area contributed by atoms with E-state index >= 15 is 0 Å². The highest BCUT2D eigenvalue weighted by molar-refractivity contribution is 8.01. The lowest BCUT2D eigenvalue weighted by atomic mass is 9.80. The number of methoxy groups -OCH3 is 1. The Labute approximate surface area is 260 Å². The molecule has 0 bridgehead atoms. The van der Waals surface area contributed by atoms with E-state index in [4.69, 9.17) is 9.47 Å². The van der Waals surface area contributed by atoms with E-state index in [0.29, 0.717) is 12.5 Å². The largest absolute Gasteiger partial charge is 0.394 e. The molecular formula is C29H37F5N4O6S. The molecule has 3 fully saturated rings. The number of ether oxygens (including phenoxy) is 2. The second-order valence-electron chi connectivity index (χ2n) is 12.2. The summed E-state index contributed by atoms with van der Waals surface area (Å²) in [4.78, 5) is 15.3. The Balaban J connectivity index is 1.45. The minimum absolute atomic E-state index is 0.0612. The fourth-order valence-electron chi connectivity index (χ4n) is 5.93. The topological polar surface area (TPSA) is 130 Å². The average molecular weight is 665 g/mol. The first kappa shape index (κ1) is 34.0. The first-order valence-corrected chi connectivity index (χ1v) is 15.8. The number of aliphatic hydroxyl groups excluding tert-OH is 2. The van der Waals surface area contributed by atoms with Crippen LogP contribution in [0.2, 0.25) is 0 Å². The van der Waals surface area contributed by atoms with E-state index in [9.17, 15) is 42.1 Å². The van der Waals surface area contributed by atoms with E-state index in [1.54, 1.807) is 7.05 Å². The maximum atomic E-state index is 14.1. The number of amides is 1. The molecule has 1 aromatic carbocycles. The smallest absolute Gasteiger partial charge is 0.248 e. The van der Waals surface area contributed by atoms with Crippen molar-refractivity contribution in [3.8, 4) is 11.3 Å². The van der Waals surface area contributed by atoms with Crippen LogP contribution < -0.4 is 0 Å². The Morgan fingerprint density at radius 3 is 2.42 bits per heavy atom. The van der Waals surface area contributed by atoms with E-state index in [0.717, 1.165) is 47.8 Å². The van der Waals surface area contributed by atoms with Gasteiger partial charge in [0.1, 0.15) is 40.7 Å². The van der Waals surface area contributed by atoms with Gasteiger partial charge >= 0.3 is 0 Å². The van der Waals surface area contributed by atoms with Gasteiger partial charge < -0.3 is 29.7 Å². The first-order chi connectivity index (χ1) is 21.3. The quantitative estimate of drug-likeness (QED) is 0.245. The number of halogens is 5. The monoisotopic (exact) mass is 664 g/mol. The van der Waals surface area contributed by atoms with Crippen molar-refractivity contribution in [3.63, 3.8) is 0 Å². The van der Waals surface area contributed by atoms with Gasteiger partial charge in [0.25, 0.3) is 0 Å². The molecule has 5 rings (SSSR count). The van der Waals surface area contributed by atoms with Crippen LogP contribution in [0.3, 0.4) is 0 Å². The maximum Gasteiger partial charge on any atom is 0.248 e. The Kier molecular flexibility index (Phi) is 10.1. The van der Waals surface area contributed by atoms with Crippen LogP contribution in [0.4, 0.5) is 22.0 Å². The normalized spacial score (nSPS) is 28.5. The van der Waals surface area contributed by atoms with Gasteiger partial charge in [-0.25, -0.2) is 26.6 Å². The summed E-state index contributed by atoms with van der Waals surface area (Å²) < 4.78 is 82.5. The number of benzene rings is 1. The zero-order valence-corrected chi connectivity index (χ0v) is 25.6. The zero-order valence-electron chi connectivity index (χ0n) is 24.8. The van der Waals surface area contributed by atoms with Gasteiger partial charge in [0, 0.05) is 39.1 Å². The Hall–Kier alpha value is -2.37. The molecule has 16 heteroatoms. The summed E-state index contributed by atoms with van der Waals surface area (Å²) in [6.07, 6.45) is -1.51. The van der Waals surface area contributed by atoms with Crippen molar-refractivity contribution in [2.24, 2.45) is 5.92 Å². The number of aromatic nitrogens is 3. The second-order valence-corrected chi connectivity index (χ2v) is 13.4. The fourth-order valence-corrected chi connectivity index (χ4v) is 7.62. The number of carbonyl (C=O) groups is 1. The molecule has 1 aliphatic heterocycles. The van der Waals surface area contributed by atoms with Crippen LogP contribution in [0.25, 0.3) is 11.3 Å². The highest BCUT2D eigenvalue weighted by atomic mass is 32.2. The SMILES string of the molecule is CO[C@@H]1[C@@H](n2cc(-c3cc(F)c(F)c(F)c3)nn2)[C@@H](O)[C@@H](CO)O[C@H]1S[C@H](C(=O)N(C)CCC1CC1)C1(O)CCC(F)(F)CC1. The molecule has 0 radical (unpaired) electrons. The highest BCUT2D eigenvalue weighted by Gasteiger charge is 2.54. The molecule has 2 heterocycles. The first-order valence-electron chi connectivity index (χ1n) is 14.8. The summed E-state index contributed by atoms with van der Waals surface area (Å²) in [7, 11) is 2.90. The molecule has 2 saturated carbocycles. The minimum Gasteiger partial charge on any atom is -0.394 e. The van der Waals surface area contributed by atoms with Gasteiger partial charge in [0.15, 0.2) is 17.5 Å². The lowest BCUT2D eigenvalue weighted by Gasteiger charge is -2.47. The van der Waals surface area contributed by atoms with Gasteiger partial charge in [0.05, 0.1) is 18.4 Å². The molecule has 1 aromatic heterocycles. The van der Waals surface area contributed by atoms with Crippen LogP contribution >= 0.6 is 11.8 Å². The third kappa shape index (κ3) is 7.30. The van der Waals surface area contributed by atoms with Crippen molar-refractivity contribution in [2.75, 3.05) is 27.3 Å². The minimum atomic E-state index is -2.98. The summed E-state index contributed by atoms with van der Waals surface area (Å²) in [5.41, 5.74) is -3.13. The highest BCUT2D eigenvalue weighted by Crippen LogP contribution is 2.47. The molecule has 250 valence electrons. The third-order valence-electron chi connectivity index (χ3n) is 8.97. The number of carbonyl (C=O) groups excluding carboxylic acids is 1. The summed E-state index contributed by atoms with van der Waals surface area (Å²) in [5.74, 6) is -7.45. The Morgan fingerprint density at radius 1 is 1.20 bits per heavy atom. The number of thioether (sulfide) groups is 1. The second kappa shape index (κ2) is 13.4. The maximum absolute atomic E-state index is 14.1. The van der Waals surface area contributed by atoms with E-state index in [-0.39, 0.29) is 24.1 Å². The van der Waals surface area contributed by atoms with E-state index < -0.39 is 89.4 Å². The Bertz CT molecular complexity index is 1330. The molecule has 6 atom stereocenters. The number of alkyl halides is 2. The van der Waals surface area contributed by atoms with Crippen molar-refractivity contribution in [3.05, 3.63) is 35.8 Å². The van der Waals surface area contributed by atoms with Crippen LogP contribution in [0, 0.1) is 23.4 Å². The molecule has 3 N–H and O–H groups in total. The van der Waals surface area contributed by atoms with Gasteiger partial charge in [-0.1, -0.05) is 18.1 Å². The summed E-state index contributed by atoms with van der Waals surface area (Å²) in [6, 6.07) is 0.338. The van der Waals surface area contributed by atoms with Crippen molar-refractivity contribution in [1.29, 1.82) is 0 Å². The van der Waals surface area contributed by atoms with Gasteiger partial charge in [0.2, 0.25) is 11.8 Å². The molecule has 0 spiro atoms. The summed E-state index contributed by atoms with van der Waals surface area (Å²) >= 11 is 0.861. The number of hydrogen-bond donors (Lipinski definition) is 3. The molecule has 45 heavy (non-hydrogen) atoms. The van der Waals surface area contributed by atoms with Crippen LogP contribution in [0.1, 0.15) is 51.0 Å². The van der Waals surface area contributed by atoms with Crippen LogP contribution in [-0.4, -0.2) is 109 Å². The van der Waals surface area contributed by atoms with Crippen molar-refractivity contribution in [2.45, 2.75) is 91.5 Å². The predicted molar refractivity (Wildman–Crippen MR) is 152 cm³/mol. The van der Waals surface area contributed by atoms with Crippen molar-refractivity contribution in [1.82, 2.24) is 19.9 Å². The third-order valence-corrected chi connectivity index (χ3v) is 10.5. The van der Waals surface area contributed by atoms with Crippen molar-refractivity contribution >= 4 is 17.7 Å².